The van der Waals surface area contributed by atoms with Crippen molar-refractivity contribution in [2.45, 2.75) is 6.42 Å². The van der Waals surface area contributed by atoms with Crippen molar-refractivity contribution < 1.29 is 4.92 Å². The van der Waals surface area contributed by atoms with Gasteiger partial charge in [0.05, 0.1) is 4.92 Å². The molecule has 1 heterocycles. The SMILES string of the molecule is CN(C)CCCNc1ncc(Br)cc1[N+](=O)[O-]. The Morgan fingerprint density at radius 3 is 2.88 bits per heavy atom. The van der Waals surface area contributed by atoms with Gasteiger partial charge in [-0.1, -0.05) is 0 Å². The molecule has 0 bridgehead atoms. The predicted molar refractivity (Wildman–Crippen MR) is 70.3 cm³/mol. The molecular formula is C10H15BrN4O2. The fourth-order valence-corrected chi connectivity index (χ4v) is 1.63. The molecule has 6 nitrogen and oxygen atoms in total. The summed E-state index contributed by atoms with van der Waals surface area (Å²) < 4.78 is 0.600. The molecule has 0 saturated carbocycles. The van der Waals surface area contributed by atoms with Crippen LogP contribution in [0.1, 0.15) is 6.42 Å². The van der Waals surface area contributed by atoms with Gasteiger partial charge < -0.3 is 10.2 Å². The average Bonchev–Trinajstić information content (AvgIpc) is 2.25. The highest BCUT2D eigenvalue weighted by molar-refractivity contribution is 9.10. The number of hydrogen-bond acceptors (Lipinski definition) is 5. The lowest BCUT2D eigenvalue weighted by atomic mass is 10.3. The van der Waals surface area contributed by atoms with Crippen molar-refractivity contribution in [2.24, 2.45) is 0 Å². The van der Waals surface area contributed by atoms with Gasteiger partial charge in [-0.05, 0) is 43.0 Å². The molecular weight excluding hydrogens is 288 g/mol. The molecule has 0 fully saturated rings. The first kappa shape index (κ1) is 13.9. The molecule has 0 unspecified atom stereocenters. The van der Waals surface area contributed by atoms with Crippen LogP contribution >= 0.6 is 15.9 Å². The minimum atomic E-state index is -0.438. The van der Waals surface area contributed by atoms with Crippen LogP contribution in [0, 0.1) is 10.1 Å². The van der Waals surface area contributed by atoms with E-state index in [0.717, 1.165) is 13.0 Å². The number of nitro groups is 1. The van der Waals surface area contributed by atoms with E-state index in [4.69, 9.17) is 0 Å². The van der Waals surface area contributed by atoms with E-state index in [2.05, 4.69) is 31.1 Å². The Kier molecular flexibility index (Phi) is 5.30. The summed E-state index contributed by atoms with van der Waals surface area (Å²) in [4.78, 5) is 16.4. The molecule has 1 aromatic rings. The van der Waals surface area contributed by atoms with Crippen LogP contribution < -0.4 is 5.32 Å². The van der Waals surface area contributed by atoms with E-state index >= 15 is 0 Å². The van der Waals surface area contributed by atoms with Crippen LogP contribution in [0.2, 0.25) is 0 Å². The summed E-state index contributed by atoms with van der Waals surface area (Å²) in [6.45, 7) is 1.59. The number of rotatable bonds is 6. The van der Waals surface area contributed by atoms with Gasteiger partial charge in [0.25, 0.3) is 0 Å². The fraction of sp³-hybridized carbons (Fsp3) is 0.500. The molecule has 1 N–H and O–H groups in total. The maximum absolute atomic E-state index is 10.8. The largest absolute Gasteiger partial charge is 0.364 e. The molecule has 1 rings (SSSR count). The molecule has 0 aromatic carbocycles. The number of pyridine rings is 1. The van der Waals surface area contributed by atoms with E-state index in [9.17, 15) is 10.1 Å². The molecule has 0 aliphatic heterocycles. The quantitative estimate of drug-likeness (QED) is 0.495. The highest BCUT2D eigenvalue weighted by atomic mass is 79.9. The van der Waals surface area contributed by atoms with Gasteiger partial charge in [-0.3, -0.25) is 10.1 Å². The van der Waals surface area contributed by atoms with Gasteiger partial charge in [0.1, 0.15) is 0 Å². The average molecular weight is 303 g/mol. The summed E-state index contributed by atoms with van der Waals surface area (Å²) in [5.41, 5.74) is -0.00997. The second-order valence-corrected chi connectivity index (χ2v) is 4.78. The molecule has 17 heavy (non-hydrogen) atoms. The van der Waals surface area contributed by atoms with Crippen LogP contribution in [-0.4, -0.2) is 42.0 Å². The summed E-state index contributed by atoms with van der Waals surface area (Å²) in [5, 5.41) is 13.8. The maximum atomic E-state index is 10.8. The van der Waals surface area contributed by atoms with Crippen molar-refractivity contribution in [1.29, 1.82) is 0 Å². The zero-order valence-corrected chi connectivity index (χ0v) is 11.4. The third-order valence-electron chi connectivity index (χ3n) is 2.11. The minimum Gasteiger partial charge on any atom is -0.364 e. The lowest BCUT2D eigenvalue weighted by Crippen LogP contribution is -2.17. The minimum absolute atomic E-state index is 0.00997. The van der Waals surface area contributed by atoms with E-state index in [-0.39, 0.29) is 5.69 Å². The Labute approximate surface area is 108 Å². The van der Waals surface area contributed by atoms with E-state index in [0.29, 0.717) is 16.8 Å². The van der Waals surface area contributed by atoms with Crippen LogP contribution in [0.4, 0.5) is 11.5 Å². The summed E-state index contributed by atoms with van der Waals surface area (Å²) >= 11 is 3.16. The van der Waals surface area contributed by atoms with Crippen molar-refractivity contribution in [3.05, 3.63) is 26.9 Å². The molecule has 0 amide bonds. The summed E-state index contributed by atoms with van der Waals surface area (Å²) in [7, 11) is 3.97. The Balaban J connectivity index is 2.61. The second-order valence-electron chi connectivity index (χ2n) is 3.86. The van der Waals surface area contributed by atoms with Crippen molar-refractivity contribution in [1.82, 2.24) is 9.88 Å². The number of hydrogen-bond donors (Lipinski definition) is 1. The van der Waals surface area contributed by atoms with E-state index in [1.54, 1.807) is 6.20 Å². The maximum Gasteiger partial charge on any atom is 0.312 e. The smallest absolute Gasteiger partial charge is 0.312 e. The van der Waals surface area contributed by atoms with E-state index in [1.165, 1.54) is 6.07 Å². The number of halogens is 1. The third-order valence-corrected chi connectivity index (χ3v) is 2.54. The summed E-state index contributed by atoms with van der Waals surface area (Å²) in [6.07, 6.45) is 2.45. The molecule has 1 aromatic heterocycles. The van der Waals surface area contributed by atoms with Gasteiger partial charge in [0.2, 0.25) is 5.82 Å². The Bertz CT molecular complexity index is 398. The molecule has 94 valence electrons. The predicted octanol–water partition coefficient (Wildman–Crippen LogP) is 2.12. The van der Waals surface area contributed by atoms with Crippen LogP contribution in [0.3, 0.4) is 0 Å². The monoisotopic (exact) mass is 302 g/mol. The lowest BCUT2D eigenvalue weighted by Gasteiger charge is -2.10. The van der Waals surface area contributed by atoms with E-state index < -0.39 is 4.92 Å². The standard InChI is InChI=1S/C10H15BrN4O2/c1-14(2)5-3-4-12-10-9(15(16)17)6-8(11)7-13-10/h6-7H,3-5H2,1-2H3,(H,12,13). The zero-order chi connectivity index (χ0) is 12.8. The molecule has 0 saturated heterocycles. The number of anilines is 1. The van der Waals surface area contributed by atoms with Crippen molar-refractivity contribution in [2.75, 3.05) is 32.5 Å². The first-order chi connectivity index (χ1) is 8.00. The normalized spacial score (nSPS) is 10.6. The zero-order valence-electron chi connectivity index (χ0n) is 9.81. The van der Waals surface area contributed by atoms with Gasteiger partial charge in [-0.2, -0.15) is 0 Å². The molecule has 0 aliphatic carbocycles. The van der Waals surface area contributed by atoms with Gasteiger partial charge in [0.15, 0.2) is 0 Å². The van der Waals surface area contributed by atoms with Gasteiger partial charge in [-0.25, -0.2) is 4.98 Å². The van der Waals surface area contributed by atoms with Crippen molar-refractivity contribution in [3.8, 4) is 0 Å². The Morgan fingerprint density at radius 2 is 2.29 bits per heavy atom. The van der Waals surface area contributed by atoms with Gasteiger partial charge in [0, 0.05) is 23.3 Å². The van der Waals surface area contributed by atoms with Gasteiger partial charge in [-0.15, -0.1) is 0 Å². The van der Waals surface area contributed by atoms with Crippen LogP contribution in [0.25, 0.3) is 0 Å². The number of aromatic nitrogens is 1. The van der Waals surface area contributed by atoms with Gasteiger partial charge >= 0.3 is 5.69 Å². The summed E-state index contributed by atoms with van der Waals surface area (Å²) in [5.74, 6) is 0.317. The van der Waals surface area contributed by atoms with Crippen LogP contribution in [-0.2, 0) is 0 Å². The van der Waals surface area contributed by atoms with Crippen molar-refractivity contribution >= 4 is 27.4 Å². The Morgan fingerprint density at radius 1 is 1.59 bits per heavy atom. The first-order valence-corrected chi connectivity index (χ1v) is 5.98. The topological polar surface area (TPSA) is 71.3 Å². The highest BCUT2D eigenvalue weighted by Crippen LogP contribution is 2.24. The third kappa shape index (κ3) is 4.66. The Hall–Kier alpha value is -1.21. The number of nitrogens with one attached hydrogen (secondary N) is 1. The summed E-state index contributed by atoms with van der Waals surface area (Å²) in [6, 6.07) is 1.45. The molecule has 0 atom stereocenters. The molecule has 0 aliphatic rings. The van der Waals surface area contributed by atoms with Crippen LogP contribution in [0.5, 0.6) is 0 Å². The fourth-order valence-electron chi connectivity index (χ4n) is 1.31. The van der Waals surface area contributed by atoms with Crippen LogP contribution in [0.15, 0.2) is 16.7 Å². The van der Waals surface area contributed by atoms with E-state index in [1.807, 2.05) is 14.1 Å². The molecule has 0 spiro atoms. The number of nitrogens with zero attached hydrogens (tertiary/aromatic N) is 3. The first-order valence-electron chi connectivity index (χ1n) is 5.19. The van der Waals surface area contributed by atoms with Crippen molar-refractivity contribution in [3.63, 3.8) is 0 Å². The molecule has 7 heteroatoms. The highest BCUT2D eigenvalue weighted by Gasteiger charge is 2.15. The molecule has 0 radical (unpaired) electrons. The second kappa shape index (κ2) is 6.51. The lowest BCUT2D eigenvalue weighted by molar-refractivity contribution is -0.384.